The molecule has 2 bridgehead atoms. The minimum absolute atomic E-state index is 0.0143. The average Bonchev–Trinajstić information content (AvgIpc) is 2.56. The highest BCUT2D eigenvalue weighted by Crippen LogP contribution is 2.35. The minimum Gasteiger partial charge on any atom is -0.550 e. The molecule has 4 nitrogen and oxygen atoms in total. The molecule has 0 N–H and O–H groups in total. The lowest BCUT2D eigenvalue weighted by molar-refractivity contribution is -0.311. The molecule has 1 aromatic carbocycles. The zero-order chi connectivity index (χ0) is 15.5. The lowest BCUT2D eigenvalue weighted by Crippen LogP contribution is -2.51. The number of carbonyl (C=O) groups is 2. The Balaban J connectivity index is 1.63. The molecule has 2 heterocycles. The molecule has 1 saturated carbocycles. The second-order valence-corrected chi connectivity index (χ2v) is 6.63. The van der Waals surface area contributed by atoms with Crippen LogP contribution in [0.1, 0.15) is 37.7 Å². The van der Waals surface area contributed by atoms with Crippen LogP contribution in [0.15, 0.2) is 30.3 Å². The third-order valence-electron chi connectivity index (χ3n) is 5.11. The van der Waals surface area contributed by atoms with Crippen LogP contribution in [-0.4, -0.2) is 29.4 Å². The van der Waals surface area contributed by atoms with Crippen LogP contribution in [0.2, 0.25) is 0 Å². The van der Waals surface area contributed by atoms with Crippen molar-refractivity contribution in [1.82, 2.24) is 4.90 Å². The van der Waals surface area contributed by atoms with E-state index in [1.165, 1.54) is 12.8 Å². The van der Waals surface area contributed by atoms with E-state index < -0.39 is 11.9 Å². The van der Waals surface area contributed by atoms with Gasteiger partial charge in [0.05, 0.1) is 0 Å². The van der Waals surface area contributed by atoms with Gasteiger partial charge in [0.25, 0.3) is 0 Å². The molecule has 118 valence electrons. The van der Waals surface area contributed by atoms with Crippen LogP contribution in [-0.2, 0) is 16.0 Å². The van der Waals surface area contributed by atoms with Crippen molar-refractivity contribution in [2.45, 2.75) is 44.6 Å². The predicted molar refractivity (Wildman–Crippen MR) is 80.7 cm³/mol. The number of amides is 1. The summed E-state index contributed by atoms with van der Waals surface area (Å²) in [5, 5.41) is 11.4. The fourth-order valence-electron chi connectivity index (χ4n) is 3.84. The number of carbonyl (C=O) groups excluding carboxylic acids is 2. The van der Waals surface area contributed by atoms with Crippen LogP contribution in [0.5, 0.6) is 0 Å². The van der Waals surface area contributed by atoms with Crippen LogP contribution in [0, 0.1) is 11.8 Å². The summed E-state index contributed by atoms with van der Waals surface area (Å²) in [5.74, 6) is -1.27. The number of hydrogen-bond donors (Lipinski definition) is 0. The quantitative estimate of drug-likeness (QED) is 0.825. The lowest BCUT2D eigenvalue weighted by Gasteiger charge is -2.45. The lowest BCUT2D eigenvalue weighted by atomic mass is 9.79. The molecule has 3 aliphatic rings. The number of hydrogen-bond acceptors (Lipinski definition) is 3. The van der Waals surface area contributed by atoms with E-state index in [1.807, 2.05) is 35.2 Å². The van der Waals surface area contributed by atoms with Crippen molar-refractivity contribution in [2.75, 3.05) is 6.54 Å². The van der Waals surface area contributed by atoms with Crippen LogP contribution in [0.4, 0.5) is 0 Å². The van der Waals surface area contributed by atoms with Gasteiger partial charge in [0.1, 0.15) is 0 Å². The van der Waals surface area contributed by atoms with Gasteiger partial charge in [-0.05, 0) is 43.6 Å². The van der Waals surface area contributed by atoms with Gasteiger partial charge in [-0.2, -0.15) is 0 Å². The first-order valence-corrected chi connectivity index (χ1v) is 8.17. The summed E-state index contributed by atoms with van der Waals surface area (Å²) in [7, 11) is 0. The average molecular weight is 300 g/mol. The molecule has 0 radical (unpaired) electrons. The Kier molecular flexibility index (Phi) is 4.46. The van der Waals surface area contributed by atoms with Gasteiger partial charge < -0.3 is 14.8 Å². The van der Waals surface area contributed by atoms with Crippen molar-refractivity contribution in [1.29, 1.82) is 0 Å². The van der Waals surface area contributed by atoms with Crippen molar-refractivity contribution in [2.24, 2.45) is 11.8 Å². The van der Waals surface area contributed by atoms with Gasteiger partial charge in [-0.1, -0.05) is 30.3 Å². The summed E-state index contributed by atoms with van der Waals surface area (Å²) in [6.45, 7) is 0.814. The second-order valence-electron chi connectivity index (χ2n) is 6.63. The van der Waals surface area contributed by atoms with Crippen LogP contribution in [0.3, 0.4) is 0 Å². The molecule has 1 aliphatic carbocycles. The van der Waals surface area contributed by atoms with Crippen molar-refractivity contribution >= 4 is 11.9 Å². The van der Waals surface area contributed by atoms with E-state index >= 15 is 0 Å². The van der Waals surface area contributed by atoms with E-state index in [9.17, 15) is 14.7 Å². The fourth-order valence-corrected chi connectivity index (χ4v) is 3.84. The van der Waals surface area contributed by atoms with E-state index in [2.05, 4.69) is 0 Å². The summed E-state index contributed by atoms with van der Waals surface area (Å²) in [6.07, 6.45) is 4.98. The number of aliphatic carboxylic acids is 1. The SMILES string of the molecule is O=C([O-])[C@@H](CC(=O)N1CC2CCC1CC2)Cc1ccccc1. The Hall–Kier alpha value is -1.84. The standard InChI is InChI=1S/C18H23NO3/c20-17(19-12-14-6-8-16(19)9-7-14)11-15(18(21)22)10-13-4-2-1-3-5-13/h1-5,14-16H,6-12H2,(H,21,22)/p-1/t14?,15-,16?/m1/s1. The Morgan fingerprint density at radius 1 is 1.14 bits per heavy atom. The molecule has 1 atom stereocenters. The summed E-state index contributed by atoms with van der Waals surface area (Å²) < 4.78 is 0. The monoisotopic (exact) mass is 300 g/mol. The number of carboxylic acids is 1. The molecule has 22 heavy (non-hydrogen) atoms. The van der Waals surface area contributed by atoms with Gasteiger partial charge in [-0.15, -0.1) is 0 Å². The third-order valence-corrected chi connectivity index (χ3v) is 5.11. The Morgan fingerprint density at radius 3 is 2.36 bits per heavy atom. The molecule has 4 heteroatoms. The Morgan fingerprint density at radius 2 is 1.82 bits per heavy atom. The normalized spacial score (nSPS) is 25.0. The number of nitrogens with zero attached hydrogens (tertiary/aromatic N) is 1. The van der Waals surface area contributed by atoms with E-state index in [4.69, 9.17) is 0 Å². The number of carboxylic acid groups (broad SMARTS) is 1. The smallest absolute Gasteiger partial charge is 0.223 e. The van der Waals surface area contributed by atoms with Gasteiger partial charge in [-0.3, -0.25) is 4.79 Å². The van der Waals surface area contributed by atoms with E-state index in [-0.39, 0.29) is 12.3 Å². The van der Waals surface area contributed by atoms with Crippen LogP contribution < -0.4 is 5.11 Å². The Labute approximate surface area is 131 Å². The maximum atomic E-state index is 12.5. The summed E-state index contributed by atoms with van der Waals surface area (Å²) >= 11 is 0. The molecule has 0 unspecified atom stereocenters. The number of piperidine rings is 2. The fraction of sp³-hybridized carbons (Fsp3) is 0.556. The molecule has 3 fully saturated rings. The van der Waals surface area contributed by atoms with Gasteiger partial charge in [0, 0.05) is 30.9 Å². The largest absolute Gasteiger partial charge is 0.550 e. The molecule has 1 amide bonds. The molecule has 2 saturated heterocycles. The van der Waals surface area contributed by atoms with Gasteiger partial charge in [0.15, 0.2) is 0 Å². The van der Waals surface area contributed by atoms with E-state index in [0.717, 1.165) is 24.9 Å². The molecule has 1 aromatic rings. The van der Waals surface area contributed by atoms with Gasteiger partial charge >= 0.3 is 0 Å². The van der Waals surface area contributed by atoms with Crippen molar-refractivity contribution < 1.29 is 14.7 Å². The van der Waals surface area contributed by atoms with Crippen molar-refractivity contribution in [3.63, 3.8) is 0 Å². The highest BCUT2D eigenvalue weighted by Gasteiger charge is 2.36. The first-order chi connectivity index (χ1) is 10.6. The zero-order valence-electron chi connectivity index (χ0n) is 12.7. The van der Waals surface area contributed by atoms with Gasteiger partial charge in [0.2, 0.25) is 5.91 Å². The predicted octanol–water partition coefficient (Wildman–Crippen LogP) is 1.39. The summed E-state index contributed by atoms with van der Waals surface area (Å²) in [6, 6.07) is 9.77. The highest BCUT2D eigenvalue weighted by molar-refractivity contribution is 5.82. The molecule has 2 aliphatic heterocycles. The van der Waals surface area contributed by atoms with Gasteiger partial charge in [-0.25, -0.2) is 0 Å². The molecular weight excluding hydrogens is 278 g/mol. The molecular formula is C18H22NO3-. The summed E-state index contributed by atoms with van der Waals surface area (Å²) in [5.41, 5.74) is 0.935. The topological polar surface area (TPSA) is 60.4 Å². The van der Waals surface area contributed by atoms with E-state index in [1.54, 1.807) is 0 Å². The maximum absolute atomic E-state index is 12.5. The minimum atomic E-state index is -1.13. The second kappa shape index (κ2) is 6.51. The van der Waals surface area contributed by atoms with Crippen LogP contribution >= 0.6 is 0 Å². The third kappa shape index (κ3) is 3.32. The Bertz CT molecular complexity index is 535. The van der Waals surface area contributed by atoms with E-state index in [0.29, 0.717) is 18.4 Å². The first kappa shape index (κ1) is 15.1. The maximum Gasteiger partial charge on any atom is 0.223 e. The molecule has 0 spiro atoms. The number of benzene rings is 1. The molecule has 4 rings (SSSR count). The number of fused-ring (bicyclic) bond motifs is 3. The van der Waals surface area contributed by atoms with Crippen LogP contribution in [0.25, 0.3) is 0 Å². The molecule has 0 aromatic heterocycles. The first-order valence-electron chi connectivity index (χ1n) is 8.17. The highest BCUT2D eigenvalue weighted by atomic mass is 16.4. The van der Waals surface area contributed by atoms with Crippen molar-refractivity contribution in [3.05, 3.63) is 35.9 Å². The zero-order valence-corrected chi connectivity index (χ0v) is 12.7. The summed E-state index contributed by atoms with van der Waals surface area (Å²) in [4.78, 5) is 25.9. The van der Waals surface area contributed by atoms with Crippen molar-refractivity contribution in [3.8, 4) is 0 Å². The number of rotatable bonds is 5.